The Labute approximate surface area is 172 Å². The highest BCUT2D eigenvalue weighted by molar-refractivity contribution is 7.89. The monoisotopic (exact) mass is 416 g/mol. The molecule has 0 aromatic heterocycles. The van der Waals surface area contributed by atoms with Crippen molar-refractivity contribution >= 4 is 27.3 Å². The van der Waals surface area contributed by atoms with E-state index in [2.05, 4.69) is 26.9 Å². The van der Waals surface area contributed by atoms with Gasteiger partial charge >= 0.3 is 0 Å². The zero-order valence-corrected chi connectivity index (χ0v) is 17.7. The van der Waals surface area contributed by atoms with Gasteiger partial charge in [-0.2, -0.15) is 0 Å². The second-order valence-electron chi connectivity index (χ2n) is 7.21. The van der Waals surface area contributed by atoms with Crippen molar-refractivity contribution in [2.75, 3.05) is 50.5 Å². The first-order chi connectivity index (χ1) is 13.9. The number of nitrogens with zero attached hydrogens (tertiary/aromatic N) is 2. The molecule has 1 amide bonds. The van der Waals surface area contributed by atoms with Gasteiger partial charge in [-0.3, -0.25) is 4.79 Å². The largest absolute Gasteiger partial charge is 0.367 e. The second kappa shape index (κ2) is 9.39. The van der Waals surface area contributed by atoms with Gasteiger partial charge in [0.15, 0.2) is 0 Å². The minimum absolute atomic E-state index is 0.0569. The lowest BCUT2D eigenvalue weighted by atomic mass is 10.1. The predicted octanol–water partition coefficient (Wildman–Crippen LogP) is 1.92. The summed E-state index contributed by atoms with van der Waals surface area (Å²) in [6, 6.07) is 14.5. The van der Waals surface area contributed by atoms with E-state index in [4.69, 9.17) is 0 Å². The summed E-state index contributed by atoms with van der Waals surface area (Å²) in [4.78, 5) is 17.3. The maximum Gasteiger partial charge on any atom is 0.240 e. The van der Waals surface area contributed by atoms with Crippen LogP contribution in [0.2, 0.25) is 0 Å². The minimum atomic E-state index is -3.44. The fraction of sp³-hybridized carbons (Fsp3) is 0.381. The van der Waals surface area contributed by atoms with Gasteiger partial charge < -0.3 is 15.1 Å². The highest BCUT2D eigenvalue weighted by Gasteiger charge is 2.17. The van der Waals surface area contributed by atoms with Crippen molar-refractivity contribution < 1.29 is 13.2 Å². The number of piperazine rings is 1. The molecule has 2 N–H and O–H groups in total. The molecule has 29 heavy (non-hydrogen) atoms. The van der Waals surface area contributed by atoms with Gasteiger partial charge in [-0.25, -0.2) is 13.1 Å². The van der Waals surface area contributed by atoms with E-state index in [0.29, 0.717) is 12.8 Å². The number of benzene rings is 2. The van der Waals surface area contributed by atoms with Gasteiger partial charge in [-0.1, -0.05) is 24.3 Å². The molecule has 1 saturated heterocycles. The maximum atomic E-state index is 12.5. The van der Waals surface area contributed by atoms with Crippen LogP contribution in [0.15, 0.2) is 53.4 Å². The number of aryl methyl sites for hydroxylation is 1. The van der Waals surface area contributed by atoms with E-state index in [1.165, 1.54) is 7.05 Å². The third-order valence-corrected chi connectivity index (χ3v) is 6.60. The molecular weight excluding hydrogens is 388 g/mol. The molecule has 0 aliphatic carbocycles. The Morgan fingerprint density at radius 1 is 1.00 bits per heavy atom. The van der Waals surface area contributed by atoms with Gasteiger partial charge in [0.25, 0.3) is 0 Å². The standard InChI is InChI=1S/C21H28N4O3S/c1-22-29(27,28)18-10-7-17(8-11-18)9-12-21(26)23-19-5-3-4-6-20(19)25-15-13-24(2)14-16-25/h3-8,10-11,22H,9,12-16H2,1-2H3,(H,23,26). The minimum Gasteiger partial charge on any atom is -0.367 e. The molecular formula is C21H28N4O3S. The van der Waals surface area contributed by atoms with Crippen LogP contribution in [-0.2, 0) is 21.2 Å². The van der Waals surface area contributed by atoms with Crippen LogP contribution >= 0.6 is 0 Å². The number of anilines is 2. The number of nitrogens with one attached hydrogen (secondary N) is 2. The fourth-order valence-electron chi connectivity index (χ4n) is 3.33. The van der Waals surface area contributed by atoms with Crippen LogP contribution < -0.4 is 14.9 Å². The molecule has 1 aliphatic heterocycles. The first-order valence-electron chi connectivity index (χ1n) is 9.74. The van der Waals surface area contributed by atoms with Crippen molar-refractivity contribution in [2.45, 2.75) is 17.7 Å². The highest BCUT2D eigenvalue weighted by atomic mass is 32.2. The van der Waals surface area contributed by atoms with Gasteiger partial charge in [-0.15, -0.1) is 0 Å². The smallest absolute Gasteiger partial charge is 0.240 e. The zero-order chi connectivity index (χ0) is 20.9. The lowest BCUT2D eigenvalue weighted by molar-refractivity contribution is -0.116. The van der Waals surface area contributed by atoms with Crippen molar-refractivity contribution in [3.63, 3.8) is 0 Å². The number of amides is 1. The summed E-state index contributed by atoms with van der Waals surface area (Å²) in [5.41, 5.74) is 2.80. The molecule has 0 spiro atoms. The SMILES string of the molecule is CNS(=O)(=O)c1ccc(CCC(=O)Nc2ccccc2N2CCN(C)CC2)cc1. The number of carbonyl (C=O) groups excluding carboxylic acids is 1. The number of sulfonamides is 1. The third kappa shape index (κ3) is 5.56. The molecule has 156 valence electrons. The highest BCUT2D eigenvalue weighted by Crippen LogP contribution is 2.26. The van der Waals surface area contributed by atoms with Crippen molar-refractivity contribution in [3.8, 4) is 0 Å². The van der Waals surface area contributed by atoms with Gasteiger partial charge in [0.2, 0.25) is 15.9 Å². The van der Waals surface area contributed by atoms with Crippen molar-refractivity contribution in [3.05, 3.63) is 54.1 Å². The van der Waals surface area contributed by atoms with Crippen LogP contribution in [0.1, 0.15) is 12.0 Å². The molecule has 3 rings (SSSR count). The van der Waals surface area contributed by atoms with Crippen LogP contribution in [0.4, 0.5) is 11.4 Å². The molecule has 7 nitrogen and oxygen atoms in total. The average molecular weight is 417 g/mol. The van der Waals surface area contributed by atoms with Crippen LogP contribution in [0, 0.1) is 0 Å². The van der Waals surface area contributed by atoms with Crippen LogP contribution in [0.25, 0.3) is 0 Å². The first-order valence-corrected chi connectivity index (χ1v) is 11.2. The normalized spacial score (nSPS) is 15.3. The Balaban J connectivity index is 1.59. The summed E-state index contributed by atoms with van der Waals surface area (Å²) < 4.78 is 25.9. The molecule has 8 heteroatoms. The van der Waals surface area contributed by atoms with Crippen molar-refractivity contribution in [1.82, 2.24) is 9.62 Å². The topological polar surface area (TPSA) is 81.7 Å². The van der Waals surface area contributed by atoms with Gasteiger partial charge in [0.05, 0.1) is 16.3 Å². The number of likely N-dealkylation sites (N-methyl/N-ethyl adjacent to an activating group) is 1. The molecule has 0 bridgehead atoms. The molecule has 1 heterocycles. The molecule has 0 atom stereocenters. The summed E-state index contributed by atoms with van der Waals surface area (Å²) in [7, 11) is 0.0564. The van der Waals surface area contributed by atoms with Gasteiger partial charge in [0, 0.05) is 32.6 Å². The second-order valence-corrected chi connectivity index (χ2v) is 9.09. The Hall–Kier alpha value is -2.42. The van der Waals surface area contributed by atoms with E-state index >= 15 is 0 Å². The lowest BCUT2D eigenvalue weighted by Crippen LogP contribution is -2.44. The Morgan fingerprint density at radius 3 is 2.31 bits per heavy atom. The molecule has 2 aromatic carbocycles. The van der Waals surface area contributed by atoms with E-state index in [1.807, 2.05) is 24.3 Å². The molecule has 1 aliphatic rings. The van der Waals surface area contributed by atoms with E-state index < -0.39 is 10.0 Å². The van der Waals surface area contributed by atoms with E-state index in [0.717, 1.165) is 43.1 Å². The summed E-state index contributed by atoms with van der Waals surface area (Å²) in [5, 5.41) is 3.03. The predicted molar refractivity (Wildman–Crippen MR) is 116 cm³/mol. The summed E-state index contributed by atoms with van der Waals surface area (Å²) >= 11 is 0. The molecule has 1 fully saturated rings. The Kier molecular flexibility index (Phi) is 6.89. The number of hydrogen-bond acceptors (Lipinski definition) is 5. The number of rotatable bonds is 7. The summed E-state index contributed by atoms with van der Waals surface area (Å²) in [6.07, 6.45) is 0.873. The quantitative estimate of drug-likeness (QED) is 0.721. The van der Waals surface area contributed by atoms with Crippen molar-refractivity contribution in [2.24, 2.45) is 0 Å². The van der Waals surface area contributed by atoms with Crippen molar-refractivity contribution in [1.29, 1.82) is 0 Å². The van der Waals surface area contributed by atoms with Crippen LogP contribution in [0.5, 0.6) is 0 Å². The molecule has 0 saturated carbocycles. The number of hydrogen-bond donors (Lipinski definition) is 2. The summed E-state index contributed by atoms with van der Waals surface area (Å²) in [6.45, 7) is 3.87. The zero-order valence-electron chi connectivity index (χ0n) is 16.9. The Morgan fingerprint density at radius 2 is 1.66 bits per heavy atom. The molecule has 0 unspecified atom stereocenters. The van der Waals surface area contributed by atoms with Gasteiger partial charge in [-0.05, 0) is 50.3 Å². The van der Waals surface area contributed by atoms with Crippen LogP contribution in [0.3, 0.4) is 0 Å². The summed E-state index contributed by atoms with van der Waals surface area (Å²) in [5.74, 6) is -0.0569. The lowest BCUT2D eigenvalue weighted by Gasteiger charge is -2.35. The van der Waals surface area contributed by atoms with E-state index in [1.54, 1.807) is 24.3 Å². The Bertz CT molecular complexity index is 937. The first kappa shape index (κ1) is 21.3. The number of carbonyl (C=O) groups is 1. The fourth-order valence-corrected chi connectivity index (χ4v) is 4.06. The maximum absolute atomic E-state index is 12.5. The van der Waals surface area contributed by atoms with Crippen LogP contribution in [-0.4, -0.2) is 59.5 Å². The van der Waals surface area contributed by atoms with Gasteiger partial charge in [0.1, 0.15) is 0 Å². The van der Waals surface area contributed by atoms with E-state index in [-0.39, 0.29) is 10.8 Å². The number of para-hydroxylation sites is 2. The molecule has 2 aromatic rings. The third-order valence-electron chi connectivity index (χ3n) is 5.17. The molecule has 0 radical (unpaired) electrons. The average Bonchev–Trinajstić information content (AvgIpc) is 2.74. The van der Waals surface area contributed by atoms with E-state index in [9.17, 15) is 13.2 Å².